The van der Waals surface area contributed by atoms with Crippen molar-refractivity contribution in [3.8, 4) is 0 Å². The molecule has 2 nitrogen and oxygen atoms in total. The van der Waals surface area contributed by atoms with E-state index in [4.69, 9.17) is 5.73 Å². The van der Waals surface area contributed by atoms with Crippen LogP contribution < -0.4 is 5.73 Å². The fraction of sp³-hybridized carbons (Fsp3) is 0.417. The lowest BCUT2D eigenvalue weighted by molar-refractivity contribution is 0.604. The summed E-state index contributed by atoms with van der Waals surface area (Å²) in [5, 5.41) is 0. The van der Waals surface area contributed by atoms with Gasteiger partial charge < -0.3 is 5.73 Å². The molecule has 3 heteroatoms. The predicted octanol–water partition coefficient (Wildman–Crippen LogP) is 3.31. The Morgan fingerprint density at radius 1 is 1.53 bits per heavy atom. The van der Waals surface area contributed by atoms with Crippen LogP contribution in [0.4, 0.5) is 0 Å². The van der Waals surface area contributed by atoms with E-state index in [2.05, 4.69) is 45.5 Å². The summed E-state index contributed by atoms with van der Waals surface area (Å²) in [4.78, 5) is 6.32. The molecule has 0 aliphatic heterocycles. The van der Waals surface area contributed by atoms with Gasteiger partial charge in [0.15, 0.2) is 0 Å². The van der Waals surface area contributed by atoms with Crippen LogP contribution in [-0.2, 0) is 5.41 Å². The highest BCUT2D eigenvalue weighted by Gasteiger charge is 2.17. The zero-order valence-electron chi connectivity index (χ0n) is 9.79. The van der Waals surface area contributed by atoms with E-state index < -0.39 is 0 Å². The number of hydrogen-bond acceptors (Lipinski definition) is 3. The lowest BCUT2D eigenvalue weighted by Gasteiger charge is -2.15. The van der Waals surface area contributed by atoms with Crippen LogP contribution in [0.25, 0.3) is 6.08 Å². The van der Waals surface area contributed by atoms with Gasteiger partial charge in [-0.25, -0.2) is 4.99 Å². The van der Waals surface area contributed by atoms with Gasteiger partial charge >= 0.3 is 0 Å². The van der Waals surface area contributed by atoms with Gasteiger partial charge in [0.2, 0.25) is 0 Å². The van der Waals surface area contributed by atoms with E-state index in [0.29, 0.717) is 5.82 Å². The third-order valence-corrected chi connectivity index (χ3v) is 3.67. The number of nitrogens with two attached hydrogens (primary N) is 1. The van der Waals surface area contributed by atoms with E-state index in [1.54, 1.807) is 0 Å². The second-order valence-electron chi connectivity index (χ2n) is 4.60. The van der Waals surface area contributed by atoms with E-state index in [1.807, 2.05) is 17.4 Å². The topological polar surface area (TPSA) is 38.4 Å². The minimum Gasteiger partial charge on any atom is -0.384 e. The summed E-state index contributed by atoms with van der Waals surface area (Å²) in [6.45, 7) is 12.1. The van der Waals surface area contributed by atoms with E-state index in [9.17, 15) is 0 Å². The van der Waals surface area contributed by atoms with Crippen molar-refractivity contribution < 1.29 is 0 Å². The van der Waals surface area contributed by atoms with Crippen LogP contribution in [0.15, 0.2) is 16.9 Å². The smallest absolute Gasteiger partial charge is 0.123 e. The standard InChI is InChI=1S/C12H18N2S/c1-8-9(7-11(13)14-5)6-10(15-8)12(2,3)4/h6-7H,5,13H2,1-4H3/b11-7-. The molecular weight excluding hydrogens is 204 g/mol. The molecule has 0 radical (unpaired) electrons. The van der Waals surface area contributed by atoms with Crippen LogP contribution in [0, 0.1) is 6.92 Å². The maximum Gasteiger partial charge on any atom is 0.123 e. The summed E-state index contributed by atoms with van der Waals surface area (Å²) in [6, 6.07) is 2.18. The first-order valence-corrected chi connectivity index (χ1v) is 5.71. The third kappa shape index (κ3) is 2.93. The van der Waals surface area contributed by atoms with Crippen LogP contribution in [0.2, 0.25) is 0 Å². The SMILES string of the molecule is C=N/C(N)=C\c1cc(C(C)(C)C)sc1C. The summed E-state index contributed by atoms with van der Waals surface area (Å²) < 4.78 is 0. The molecule has 2 N–H and O–H groups in total. The van der Waals surface area contributed by atoms with Crippen LogP contribution in [0.5, 0.6) is 0 Å². The molecule has 1 rings (SSSR count). The van der Waals surface area contributed by atoms with Gasteiger partial charge in [0, 0.05) is 9.75 Å². The quantitative estimate of drug-likeness (QED) is 0.766. The minimum atomic E-state index is 0.192. The molecule has 1 aromatic heterocycles. The molecule has 0 spiro atoms. The molecule has 0 unspecified atom stereocenters. The van der Waals surface area contributed by atoms with Crippen molar-refractivity contribution in [2.45, 2.75) is 33.1 Å². The fourth-order valence-corrected chi connectivity index (χ4v) is 2.27. The van der Waals surface area contributed by atoms with E-state index in [1.165, 1.54) is 9.75 Å². The highest BCUT2D eigenvalue weighted by molar-refractivity contribution is 7.12. The Labute approximate surface area is 95.5 Å². The molecule has 0 aliphatic carbocycles. The van der Waals surface area contributed by atoms with Crippen molar-refractivity contribution >= 4 is 24.1 Å². The molecule has 0 amide bonds. The molecule has 15 heavy (non-hydrogen) atoms. The molecule has 0 aliphatic rings. The Kier molecular flexibility index (Phi) is 3.35. The van der Waals surface area contributed by atoms with Gasteiger partial charge in [-0.2, -0.15) is 0 Å². The summed E-state index contributed by atoms with van der Waals surface area (Å²) in [5.41, 5.74) is 6.97. The van der Waals surface area contributed by atoms with Crippen molar-refractivity contribution in [3.05, 3.63) is 27.2 Å². The highest BCUT2D eigenvalue weighted by atomic mass is 32.1. The van der Waals surface area contributed by atoms with E-state index >= 15 is 0 Å². The van der Waals surface area contributed by atoms with Crippen LogP contribution in [0.3, 0.4) is 0 Å². The van der Waals surface area contributed by atoms with Crippen LogP contribution >= 0.6 is 11.3 Å². The molecule has 1 aromatic rings. The number of rotatable bonds is 2. The van der Waals surface area contributed by atoms with Gasteiger partial charge in [-0.3, -0.25) is 0 Å². The lowest BCUT2D eigenvalue weighted by Crippen LogP contribution is -2.07. The Balaban J connectivity index is 3.13. The van der Waals surface area contributed by atoms with Gasteiger partial charge in [0.05, 0.1) is 0 Å². The Morgan fingerprint density at radius 3 is 2.53 bits per heavy atom. The van der Waals surface area contributed by atoms with Crippen LogP contribution in [-0.4, -0.2) is 6.72 Å². The van der Waals surface area contributed by atoms with Gasteiger partial charge in [-0.05, 0) is 36.8 Å². The van der Waals surface area contributed by atoms with Crippen molar-refractivity contribution in [1.82, 2.24) is 0 Å². The van der Waals surface area contributed by atoms with Crippen molar-refractivity contribution in [2.24, 2.45) is 10.7 Å². The number of thiophene rings is 1. The largest absolute Gasteiger partial charge is 0.384 e. The minimum absolute atomic E-state index is 0.192. The second kappa shape index (κ2) is 4.19. The third-order valence-electron chi connectivity index (χ3n) is 2.18. The first-order chi connectivity index (χ1) is 6.84. The monoisotopic (exact) mass is 222 g/mol. The molecule has 0 atom stereocenters. The van der Waals surface area contributed by atoms with Crippen molar-refractivity contribution in [1.29, 1.82) is 0 Å². The first-order valence-electron chi connectivity index (χ1n) is 4.89. The van der Waals surface area contributed by atoms with Crippen molar-refractivity contribution in [2.75, 3.05) is 0 Å². The Bertz CT molecular complexity index is 394. The second-order valence-corrected chi connectivity index (χ2v) is 5.86. The normalized spacial score (nSPS) is 12.9. The first kappa shape index (κ1) is 12.0. The van der Waals surface area contributed by atoms with E-state index in [-0.39, 0.29) is 5.41 Å². The molecule has 0 aromatic carbocycles. The van der Waals surface area contributed by atoms with E-state index in [0.717, 1.165) is 5.56 Å². The zero-order chi connectivity index (χ0) is 11.6. The maximum absolute atomic E-state index is 5.63. The number of aliphatic imine (C=N–C) groups is 1. The highest BCUT2D eigenvalue weighted by Crippen LogP contribution is 2.32. The number of aryl methyl sites for hydroxylation is 1. The van der Waals surface area contributed by atoms with Gasteiger partial charge in [-0.1, -0.05) is 20.8 Å². The van der Waals surface area contributed by atoms with Crippen molar-refractivity contribution in [3.63, 3.8) is 0 Å². The summed E-state index contributed by atoms with van der Waals surface area (Å²) in [6.07, 6.45) is 1.87. The summed E-state index contributed by atoms with van der Waals surface area (Å²) in [7, 11) is 0. The fourth-order valence-electron chi connectivity index (χ4n) is 1.21. The molecular formula is C12H18N2S. The molecule has 0 saturated carbocycles. The molecule has 1 heterocycles. The number of hydrogen-bond donors (Lipinski definition) is 1. The van der Waals surface area contributed by atoms with Gasteiger partial charge in [-0.15, -0.1) is 11.3 Å². The summed E-state index contributed by atoms with van der Waals surface area (Å²) >= 11 is 1.81. The van der Waals surface area contributed by atoms with Gasteiger partial charge in [0.1, 0.15) is 5.82 Å². The molecule has 0 fully saturated rings. The average Bonchev–Trinajstić information content (AvgIpc) is 2.47. The van der Waals surface area contributed by atoms with Crippen LogP contribution in [0.1, 0.15) is 36.1 Å². The Hall–Kier alpha value is -1.09. The maximum atomic E-state index is 5.63. The number of nitrogens with zero attached hydrogens (tertiary/aromatic N) is 1. The zero-order valence-corrected chi connectivity index (χ0v) is 10.6. The lowest BCUT2D eigenvalue weighted by atomic mass is 9.94. The van der Waals surface area contributed by atoms with Gasteiger partial charge in [0.25, 0.3) is 0 Å². The molecule has 0 bridgehead atoms. The Morgan fingerprint density at radius 2 is 2.13 bits per heavy atom. The average molecular weight is 222 g/mol. The summed E-state index contributed by atoms with van der Waals surface area (Å²) in [5.74, 6) is 0.469. The molecule has 0 saturated heterocycles. The molecule has 82 valence electrons. The predicted molar refractivity (Wildman–Crippen MR) is 69.5 cm³/mol.